The van der Waals surface area contributed by atoms with Gasteiger partial charge in [-0.15, -0.1) is 0 Å². The van der Waals surface area contributed by atoms with Crippen molar-refractivity contribution in [3.05, 3.63) is 29.8 Å². The largest absolute Gasteiger partial charge is 0.493 e. The van der Waals surface area contributed by atoms with Crippen molar-refractivity contribution in [1.82, 2.24) is 0 Å². The average molecular weight is 234 g/mol. The molecule has 0 N–H and O–H groups in total. The molecule has 0 aromatic heterocycles. The van der Waals surface area contributed by atoms with Gasteiger partial charge in [-0.2, -0.15) is 0 Å². The van der Waals surface area contributed by atoms with Gasteiger partial charge in [0.1, 0.15) is 0 Å². The predicted octanol–water partition coefficient (Wildman–Crippen LogP) is 4.30. The van der Waals surface area contributed by atoms with Gasteiger partial charge in [0.25, 0.3) is 0 Å². The highest BCUT2D eigenvalue weighted by molar-refractivity contribution is 5.55. The summed E-state index contributed by atoms with van der Waals surface area (Å²) < 4.78 is 11.0. The van der Waals surface area contributed by atoms with Crippen molar-refractivity contribution < 1.29 is 9.47 Å². The summed E-state index contributed by atoms with van der Waals surface area (Å²) in [6.45, 7) is 4.95. The summed E-state index contributed by atoms with van der Waals surface area (Å²) in [5.41, 5.74) is 1.13. The Hall–Kier alpha value is -1.44. The highest BCUT2D eigenvalue weighted by Crippen LogP contribution is 2.28. The molecular weight excluding hydrogens is 212 g/mol. The number of benzene rings is 1. The van der Waals surface area contributed by atoms with Crippen LogP contribution < -0.4 is 9.47 Å². The first-order chi connectivity index (χ1) is 8.31. The maximum Gasteiger partial charge on any atom is 0.161 e. The Labute approximate surface area is 104 Å². The molecule has 0 spiro atoms. The van der Waals surface area contributed by atoms with Gasteiger partial charge in [-0.05, 0) is 31.0 Å². The number of ether oxygens (including phenoxy) is 2. The number of rotatable bonds is 7. The Morgan fingerprint density at radius 2 is 2.00 bits per heavy atom. The quantitative estimate of drug-likeness (QED) is 0.655. The van der Waals surface area contributed by atoms with Crippen LogP contribution in [0.25, 0.3) is 6.08 Å². The molecule has 0 saturated carbocycles. The second kappa shape index (κ2) is 7.77. The molecule has 0 unspecified atom stereocenters. The Morgan fingerprint density at radius 3 is 2.65 bits per heavy atom. The van der Waals surface area contributed by atoms with Gasteiger partial charge in [0.05, 0.1) is 13.7 Å². The van der Waals surface area contributed by atoms with Gasteiger partial charge in [0, 0.05) is 0 Å². The number of hydrogen-bond acceptors (Lipinski definition) is 2. The molecule has 0 aliphatic carbocycles. The molecule has 0 amide bonds. The van der Waals surface area contributed by atoms with E-state index < -0.39 is 0 Å². The third-order valence-corrected chi connectivity index (χ3v) is 2.55. The minimum absolute atomic E-state index is 0.757. The second-order valence-corrected chi connectivity index (χ2v) is 3.97. The van der Waals surface area contributed by atoms with Crippen molar-refractivity contribution in [3.8, 4) is 11.5 Å². The molecule has 0 bridgehead atoms. The molecule has 1 rings (SSSR count). The molecule has 0 fully saturated rings. The van der Waals surface area contributed by atoms with E-state index in [1.807, 2.05) is 37.3 Å². The summed E-state index contributed by atoms with van der Waals surface area (Å²) in [6.07, 6.45) is 7.57. The van der Waals surface area contributed by atoms with Crippen molar-refractivity contribution in [1.29, 1.82) is 0 Å². The van der Waals surface area contributed by atoms with Crippen LogP contribution in [0.3, 0.4) is 0 Å². The van der Waals surface area contributed by atoms with Crippen LogP contribution in [0.1, 0.15) is 38.7 Å². The monoisotopic (exact) mass is 234 g/mol. The maximum absolute atomic E-state index is 5.71. The lowest BCUT2D eigenvalue weighted by molar-refractivity contribution is 0.286. The van der Waals surface area contributed by atoms with E-state index in [0.717, 1.165) is 30.1 Å². The van der Waals surface area contributed by atoms with Gasteiger partial charge in [0.15, 0.2) is 11.5 Å². The fraction of sp³-hybridized carbons (Fsp3) is 0.467. The molecule has 0 saturated heterocycles. The van der Waals surface area contributed by atoms with Gasteiger partial charge in [-0.25, -0.2) is 0 Å². The van der Waals surface area contributed by atoms with Gasteiger partial charge in [0.2, 0.25) is 0 Å². The van der Waals surface area contributed by atoms with Crippen molar-refractivity contribution in [2.45, 2.75) is 33.1 Å². The zero-order valence-corrected chi connectivity index (χ0v) is 11.0. The van der Waals surface area contributed by atoms with E-state index in [4.69, 9.17) is 9.47 Å². The summed E-state index contributed by atoms with van der Waals surface area (Å²) >= 11 is 0. The van der Waals surface area contributed by atoms with Gasteiger partial charge in [-0.3, -0.25) is 0 Å². The molecule has 0 radical (unpaired) electrons. The topological polar surface area (TPSA) is 18.5 Å². The van der Waals surface area contributed by atoms with Crippen LogP contribution in [-0.2, 0) is 0 Å². The highest BCUT2D eigenvalue weighted by Gasteiger charge is 2.04. The van der Waals surface area contributed by atoms with E-state index in [-0.39, 0.29) is 0 Å². The Morgan fingerprint density at radius 1 is 1.18 bits per heavy atom. The summed E-state index contributed by atoms with van der Waals surface area (Å²) in [4.78, 5) is 0. The number of allylic oxidation sites excluding steroid dienone is 1. The van der Waals surface area contributed by atoms with Gasteiger partial charge in [-0.1, -0.05) is 38.0 Å². The van der Waals surface area contributed by atoms with E-state index in [1.54, 1.807) is 7.11 Å². The SMILES string of the molecule is CC=Cc1ccc(OCCCCC)c(OC)c1. The number of unbranched alkanes of at least 4 members (excludes halogenated alkanes) is 2. The lowest BCUT2D eigenvalue weighted by atomic mass is 10.2. The molecule has 2 heteroatoms. The van der Waals surface area contributed by atoms with E-state index in [0.29, 0.717) is 0 Å². The normalized spacial score (nSPS) is 10.8. The summed E-state index contributed by atoms with van der Waals surface area (Å²) in [6, 6.07) is 6.01. The smallest absolute Gasteiger partial charge is 0.161 e. The first kappa shape index (κ1) is 13.6. The van der Waals surface area contributed by atoms with Crippen LogP contribution in [0.4, 0.5) is 0 Å². The van der Waals surface area contributed by atoms with Crippen LogP contribution in [-0.4, -0.2) is 13.7 Å². The summed E-state index contributed by atoms with van der Waals surface area (Å²) in [5.74, 6) is 1.63. The third kappa shape index (κ3) is 4.51. The standard InChI is InChI=1S/C15H22O2/c1-4-6-7-11-17-14-10-9-13(8-5-2)12-15(14)16-3/h5,8-10,12H,4,6-7,11H2,1-3H3. The summed E-state index contributed by atoms with van der Waals surface area (Å²) in [5, 5.41) is 0. The lowest BCUT2D eigenvalue weighted by Crippen LogP contribution is -1.99. The molecule has 1 aromatic carbocycles. The van der Waals surface area contributed by atoms with Gasteiger partial charge < -0.3 is 9.47 Å². The van der Waals surface area contributed by atoms with Crippen LogP contribution in [0.5, 0.6) is 11.5 Å². The predicted molar refractivity (Wildman–Crippen MR) is 72.7 cm³/mol. The Kier molecular flexibility index (Phi) is 6.23. The van der Waals surface area contributed by atoms with Crippen molar-refractivity contribution in [3.63, 3.8) is 0 Å². The van der Waals surface area contributed by atoms with Crippen LogP contribution in [0.2, 0.25) is 0 Å². The minimum Gasteiger partial charge on any atom is -0.493 e. The number of hydrogen-bond donors (Lipinski definition) is 0. The van der Waals surface area contributed by atoms with E-state index in [1.165, 1.54) is 12.8 Å². The molecular formula is C15H22O2. The van der Waals surface area contributed by atoms with E-state index in [2.05, 4.69) is 6.92 Å². The highest BCUT2D eigenvalue weighted by atomic mass is 16.5. The van der Waals surface area contributed by atoms with Crippen molar-refractivity contribution >= 4 is 6.08 Å². The fourth-order valence-electron chi connectivity index (χ4n) is 1.63. The van der Waals surface area contributed by atoms with Crippen LogP contribution >= 0.6 is 0 Å². The Bertz CT molecular complexity index is 356. The third-order valence-electron chi connectivity index (χ3n) is 2.55. The number of methoxy groups -OCH3 is 1. The first-order valence-electron chi connectivity index (χ1n) is 6.25. The van der Waals surface area contributed by atoms with Crippen molar-refractivity contribution in [2.24, 2.45) is 0 Å². The van der Waals surface area contributed by atoms with Crippen molar-refractivity contribution in [2.75, 3.05) is 13.7 Å². The second-order valence-electron chi connectivity index (χ2n) is 3.97. The molecule has 0 heterocycles. The molecule has 2 nitrogen and oxygen atoms in total. The fourth-order valence-corrected chi connectivity index (χ4v) is 1.63. The van der Waals surface area contributed by atoms with E-state index >= 15 is 0 Å². The molecule has 0 aliphatic heterocycles. The molecule has 1 aromatic rings. The molecule has 17 heavy (non-hydrogen) atoms. The van der Waals surface area contributed by atoms with Gasteiger partial charge >= 0.3 is 0 Å². The summed E-state index contributed by atoms with van der Waals surface area (Å²) in [7, 11) is 1.67. The maximum atomic E-state index is 5.71. The molecule has 0 aliphatic rings. The van der Waals surface area contributed by atoms with E-state index in [9.17, 15) is 0 Å². The zero-order valence-electron chi connectivity index (χ0n) is 11.0. The average Bonchev–Trinajstić information content (AvgIpc) is 2.36. The van der Waals surface area contributed by atoms with Crippen LogP contribution in [0.15, 0.2) is 24.3 Å². The molecule has 94 valence electrons. The molecule has 0 atom stereocenters. The zero-order chi connectivity index (χ0) is 12.5. The Balaban J connectivity index is 2.64. The first-order valence-corrected chi connectivity index (χ1v) is 6.25. The minimum atomic E-state index is 0.757. The lowest BCUT2D eigenvalue weighted by Gasteiger charge is -2.11. The van der Waals surface area contributed by atoms with Crippen LogP contribution in [0, 0.1) is 0 Å².